The zero-order chi connectivity index (χ0) is 11.1. The largest absolute Gasteiger partial charge is 0.497 e. The Morgan fingerprint density at radius 2 is 2.00 bits per heavy atom. The van der Waals surface area contributed by atoms with Crippen molar-refractivity contribution in [1.82, 2.24) is 0 Å². The number of methoxy groups -OCH3 is 1. The van der Waals surface area contributed by atoms with Gasteiger partial charge in [-0.05, 0) is 43.0 Å². The quantitative estimate of drug-likeness (QED) is 0.740. The van der Waals surface area contributed by atoms with Crippen LogP contribution in [0.5, 0.6) is 5.75 Å². The van der Waals surface area contributed by atoms with E-state index in [2.05, 4.69) is 0 Å². The fraction of sp³-hybridized carbons (Fsp3) is 0.500. The summed E-state index contributed by atoms with van der Waals surface area (Å²) in [6.07, 6.45) is 1.88. The molecule has 1 unspecified atom stereocenters. The minimum atomic E-state index is 0.173. The minimum absolute atomic E-state index is 0.173. The lowest BCUT2D eigenvalue weighted by atomic mass is 10.0. The van der Waals surface area contributed by atoms with Crippen LogP contribution >= 0.6 is 0 Å². The molecule has 3 heteroatoms. The molecule has 1 rings (SSSR count). The first-order chi connectivity index (χ1) is 7.30. The number of ether oxygens (including phenoxy) is 1. The minimum Gasteiger partial charge on any atom is -0.497 e. The van der Waals surface area contributed by atoms with E-state index in [4.69, 9.17) is 15.6 Å². The molecule has 0 amide bonds. The maximum absolute atomic E-state index is 8.99. The summed E-state index contributed by atoms with van der Waals surface area (Å²) in [6.45, 7) is 0.722. The molecule has 0 aliphatic heterocycles. The molecule has 1 aromatic carbocycles. The van der Waals surface area contributed by atoms with Crippen LogP contribution < -0.4 is 10.5 Å². The summed E-state index contributed by atoms with van der Waals surface area (Å²) in [5.74, 6) is 1.09. The number of rotatable bonds is 6. The summed E-state index contributed by atoms with van der Waals surface area (Å²) in [5.41, 5.74) is 6.77. The normalized spacial score (nSPS) is 12.5. The third-order valence-corrected chi connectivity index (χ3v) is 2.59. The van der Waals surface area contributed by atoms with Crippen LogP contribution in [0.1, 0.15) is 12.0 Å². The maximum Gasteiger partial charge on any atom is 0.118 e. The first-order valence-electron chi connectivity index (χ1n) is 5.24. The van der Waals surface area contributed by atoms with Gasteiger partial charge >= 0.3 is 0 Å². The van der Waals surface area contributed by atoms with E-state index in [1.807, 2.05) is 24.3 Å². The van der Waals surface area contributed by atoms with Gasteiger partial charge in [-0.1, -0.05) is 12.1 Å². The summed E-state index contributed by atoms with van der Waals surface area (Å²) in [7, 11) is 1.66. The van der Waals surface area contributed by atoms with Crippen molar-refractivity contribution in [2.75, 3.05) is 20.3 Å². The number of hydrogen-bond acceptors (Lipinski definition) is 3. The van der Waals surface area contributed by atoms with Gasteiger partial charge in [0.05, 0.1) is 7.11 Å². The summed E-state index contributed by atoms with van der Waals surface area (Å²) < 4.78 is 5.08. The van der Waals surface area contributed by atoms with Crippen LogP contribution in [0.15, 0.2) is 24.3 Å². The van der Waals surface area contributed by atoms with Crippen molar-refractivity contribution in [1.29, 1.82) is 0 Å². The highest BCUT2D eigenvalue weighted by Gasteiger charge is 2.04. The molecule has 3 nitrogen and oxygen atoms in total. The van der Waals surface area contributed by atoms with Crippen molar-refractivity contribution >= 4 is 0 Å². The molecule has 0 saturated carbocycles. The number of nitrogens with two attached hydrogens (primary N) is 1. The molecule has 0 heterocycles. The first kappa shape index (κ1) is 12.0. The average molecular weight is 209 g/mol. The Bertz CT molecular complexity index is 267. The van der Waals surface area contributed by atoms with Crippen LogP contribution in [0.4, 0.5) is 0 Å². The SMILES string of the molecule is COc1ccc(CCC(CN)CO)cc1. The lowest BCUT2D eigenvalue weighted by Gasteiger charge is -2.10. The Morgan fingerprint density at radius 3 is 2.47 bits per heavy atom. The molecule has 0 radical (unpaired) electrons. The van der Waals surface area contributed by atoms with Gasteiger partial charge in [0.15, 0.2) is 0 Å². The molecule has 84 valence electrons. The number of hydrogen-bond donors (Lipinski definition) is 2. The molecular weight excluding hydrogens is 190 g/mol. The van der Waals surface area contributed by atoms with Gasteiger partial charge in [0, 0.05) is 6.61 Å². The molecule has 1 aromatic rings. The summed E-state index contributed by atoms with van der Waals surface area (Å²) in [6, 6.07) is 7.99. The molecule has 15 heavy (non-hydrogen) atoms. The topological polar surface area (TPSA) is 55.5 Å². The van der Waals surface area contributed by atoms with Crippen LogP contribution in [0.25, 0.3) is 0 Å². The zero-order valence-corrected chi connectivity index (χ0v) is 9.15. The van der Waals surface area contributed by atoms with Crippen molar-refractivity contribution in [3.63, 3.8) is 0 Å². The monoisotopic (exact) mass is 209 g/mol. The van der Waals surface area contributed by atoms with E-state index >= 15 is 0 Å². The van der Waals surface area contributed by atoms with Crippen LogP contribution in [-0.4, -0.2) is 25.4 Å². The fourth-order valence-electron chi connectivity index (χ4n) is 1.45. The Labute approximate surface area is 90.9 Å². The predicted molar refractivity (Wildman–Crippen MR) is 60.9 cm³/mol. The van der Waals surface area contributed by atoms with Crippen LogP contribution in [0.2, 0.25) is 0 Å². The van der Waals surface area contributed by atoms with E-state index in [9.17, 15) is 0 Å². The fourth-order valence-corrected chi connectivity index (χ4v) is 1.45. The highest BCUT2D eigenvalue weighted by atomic mass is 16.5. The second-order valence-corrected chi connectivity index (χ2v) is 3.67. The second kappa shape index (κ2) is 6.43. The van der Waals surface area contributed by atoms with E-state index in [1.165, 1.54) is 5.56 Å². The summed E-state index contributed by atoms with van der Waals surface area (Å²) in [5, 5.41) is 8.99. The van der Waals surface area contributed by atoms with Crippen molar-refractivity contribution in [3.8, 4) is 5.75 Å². The van der Waals surface area contributed by atoms with Crippen LogP contribution in [0.3, 0.4) is 0 Å². The molecule has 0 fully saturated rings. The van der Waals surface area contributed by atoms with Crippen molar-refractivity contribution in [3.05, 3.63) is 29.8 Å². The maximum atomic E-state index is 8.99. The third kappa shape index (κ3) is 3.90. The van der Waals surface area contributed by atoms with Gasteiger partial charge in [-0.3, -0.25) is 0 Å². The summed E-state index contributed by atoms with van der Waals surface area (Å²) in [4.78, 5) is 0. The zero-order valence-electron chi connectivity index (χ0n) is 9.15. The molecule has 1 atom stereocenters. The van der Waals surface area contributed by atoms with E-state index < -0.39 is 0 Å². The first-order valence-corrected chi connectivity index (χ1v) is 5.24. The standard InChI is InChI=1S/C12H19NO2/c1-15-12-6-4-10(5-7-12)2-3-11(8-13)9-14/h4-7,11,14H,2-3,8-9,13H2,1H3. The molecular formula is C12H19NO2. The Kier molecular flexibility index (Phi) is 5.15. The predicted octanol–water partition coefficient (Wildman–Crippen LogP) is 1.20. The van der Waals surface area contributed by atoms with Crippen LogP contribution in [-0.2, 0) is 6.42 Å². The molecule has 3 N–H and O–H groups in total. The molecule has 0 saturated heterocycles. The number of aliphatic hydroxyl groups is 1. The summed E-state index contributed by atoms with van der Waals surface area (Å²) >= 11 is 0. The molecule has 0 aliphatic carbocycles. The molecule has 0 bridgehead atoms. The van der Waals surface area contributed by atoms with Gasteiger partial charge in [-0.25, -0.2) is 0 Å². The van der Waals surface area contributed by atoms with E-state index in [0.29, 0.717) is 6.54 Å². The molecule has 0 aliphatic rings. The highest BCUT2D eigenvalue weighted by Crippen LogP contribution is 2.14. The van der Waals surface area contributed by atoms with Gasteiger partial charge in [-0.15, -0.1) is 0 Å². The van der Waals surface area contributed by atoms with Crippen molar-refractivity contribution in [2.24, 2.45) is 11.7 Å². The number of aliphatic hydroxyl groups excluding tert-OH is 1. The van der Waals surface area contributed by atoms with Gasteiger partial charge in [-0.2, -0.15) is 0 Å². The van der Waals surface area contributed by atoms with Crippen molar-refractivity contribution in [2.45, 2.75) is 12.8 Å². The lowest BCUT2D eigenvalue weighted by Crippen LogP contribution is -2.18. The Balaban J connectivity index is 2.43. The highest BCUT2D eigenvalue weighted by molar-refractivity contribution is 5.27. The molecule has 0 spiro atoms. The molecule has 0 aromatic heterocycles. The Morgan fingerprint density at radius 1 is 1.33 bits per heavy atom. The van der Waals surface area contributed by atoms with Gasteiger partial charge < -0.3 is 15.6 Å². The van der Waals surface area contributed by atoms with Crippen molar-refractivity contribution < 1.29 is 9.84 Å². The second-order valence-electron chi connectivity index (χ2n) is 3.67. The lowest BCUT2D eigenvalue weighted by molar-refractivity contribution is 0.223. The number of benzene rings is 1. The smallest absolute Gasteiger partial charge is 0.118 e. The van der Waals surface area contributed by atoms with Gasteiger partial charge in [0.2, 0.25) is 0 Å². The van der Waals surface area contributed by atoms with E-state index in [0.717, 1.165) is 18.6 Å². The third-order valence-electron chi connectivity index (χ3n) is 2.59. The Hall–Kier alpha value is -1.06. The average Bonchev–Trinajstić information content (AvgIpc) is 2.31. The van der Waals surface area contributed by atoms with E-state index in [-0.39, 0.29) is 12.5 Å². The van der Waals surface area contributed by atoms with Gasteiger partial charge in [0.1, 0.15) is 5.75 Å². The van der Waals surface area contributed by atoms with Gasteiger partial charge in [0.25, 0.3) is 0 Å². The number of aryl methyl sites for hydroxylation is 1. The van der Waals surface area contributed by atoms with E-state index in [1.54, 1.807) is 7.11 Å². The van der Waals surface area contributed by atoms with Crippen LogP contribution in [0, 0.1) is 5.92 Å².